The predicted molar refractivity (Wildman–Crippen MR) is 187 cm³/mol. The van der Waals surface area contributed by atoms with Crippen LogP contribution in [-0.4, -0.2) is 117 Å². The van der Waals surface area contributed by atoms with E-state index in [1.54, 1.807) is 55.4 Å². The number of nitrogens with zero attached hydrogens (tertiary/aromatic N) is 8. The summed E-state index contributed by atoms with van der Waals surface area (Å²) in [6.45, 7) is 12.4. The van der Waals surface area contributed by atoms with Crippen LogP contribution in [0.3, 0.4) is 0 Å². The Balaban J connectivity index is 1.77. The zero-order valence-electron chi connectivity index (χ0n) is 30.3. The molecule has 2 aromatic carbocycles. The van der Waals surface area contributed by atoms with Gasteiger partial charge in [0.15, 0.2) is 0 Å². The number of benzene rings is 2. The summed E-state index contributed by atoms with van der Waals surface area (Å²) >= 11 is 0. The Morgan fingerprint density at radius 3 is 0.981 bits per heavy atom. The number of hydrogen-bond donors (Lipinski definition) is 2. The van der Waals surface area contributed by atoms with E-state index in [4.69, 9.17) is 0 Å². The Morgan fingerprint density at radius 2 is 0.759 bits per heavy atom. The van der Waals surface area contributed by atoms with Gasteiger partial charge in [-0.1, -0.05) is 12.1 Å². The molecule has 2 heterocycles. The molecule has 0 radical (unpaired) electrons. The fourth-order valence-electron chi connectivity index (χ4n) is 5.71. The quantitative estimate of drug-likeness (QED) is 0.186. The van der Waals surface area contributed by atoms with E-state index in [0.717, 1.165) is 56.0 Å². The van der Waals surface area contributed by atoms with Gasteiger partial charge in [0, 0.05) is 35.3 Å². The van der Waals surface area contributed by atoms with Gasteiger partial charge in [-0.3, -0.25) is 47.9 Å². The van der Waals surface area contributed by atoms with Gasteiger partial charge in [0.2, 0.25) is 12.1 Å². The number of rotatable bonds is 11. The molecule has 2 N–H and O–H groups in total. The summed E-state index contributed by atoms with van der Waals surface area (Å²) in [5.74, 6) is -3.88. The molecule has 2 saturated heterocycles. The smallest absolute Gasteiger partial charge is 0.282 e. The molecule has 0 aromatic heterocycles. The lowest BCUT2D eigenvalue weighted by Crippen LogP contribution is -2.64. The van der Waals surface area contributed by atoms with Crippen molar-refractivity contribution in [3.63, 3.8) is 0 Å². The number of urea groups is 2. The highest BCUT2D eigenvalue weighted by atomic mass is 32.2. The summed E-state index contributed by atoms with van der Waals surface area (Å²) in [6, 6.07) is -2.14. The molecule has 8 amide bonds. The third-order valence-corrected chi connectivity index (χ3v) is 9.92. The van der Waals surface area contributed by atoms with Gasteiger partial charge < -0.3 is 0 Å². The minimum Gasteiger partial charge on any atom is -0.282 e. The van der Waals surface area contributed by atoms with Crippen molar-refractivity contribution in [2.75, 3.05) is 0 Å². The fraction of sp³-hybridized carbons (Fsp3) is 0.438. The first kappa shape index (κ1) is 41.4. The van der Waals surface area contributed by atoms with Crippen molar-refractivity contribution in [1.82, 2.24) is 19.6 Å². The van der Waals surface area contributed by atoms with Gasteiger partial charge in [-0.2, -0.15) is 37.3 Å². The minimum atomic E-state index is -5.18. The van der Waals surface area contributed by atoms with Crippen LogP contribution in [0, 0.1) is 0 Å². The van der Waals surface area contributed by atoms with Crippen molar-refractivity contribution in [2.24, 2.45) is 20.5 Å². The lowest BCUT2D eigenvalue weighted by atomic mass is 10.0. The Kier molecular flexibility index (Phi) is 11.7. The first-order valence-corrected chi connectivity index (χ1v) is 19.2. The molecule has 0 spiro atoms. The average molecular weight is 791 g/mol. The SMILES string of the molecule is CC(C)N1C(=O)C(N=Nc2ccc(-c3ccc(N=NC4C(=O)N(C(C)C)C(=O)N(C(C)C)C4=O)cc3S(=O)(=O)O)c(S(=O)(=O)O)c2)C(=O)N(C(C)C)C1=O. The van der Waals surface area contributed by atoms with Crippen LogP contribution >= 0.6 is 0 Å². The van der Waals surface area contributed by atoms with E-state index in [1.165, 1.54) is 0 Å². The molecule has 54 heavy (non-hydrogen) atoms. The second kappa shape index (κ2) is 15.2. The van der Waals surface area contributed by atoms with Crippen LogP contribution in [0.5, 0.6) is 0 Å². The fourth-order valence-corrected chi connectivity index (χ4v) is 7.16. The number of imide groups is 4. The molecule has 290 valence electrons. The summed E-state index contributed by atoms with van der Waals surface area (Å²) in [6.07, 6.45) is 0. The maximum absolute atomic E-state index is 13.1. The van der Waals surface area contributed by atoms with Gasteiger partial charge in [-0.15, -0.1) is 0 Å². The van der Waals surface area contributed by atoms with Crippen LogP contribution in [0.15, 0.2) is 66.6 Å². The average Bonchev–Trinajstić information content (AvgIpc) is 3.02. The highest BCUT2D eigenvalue weighted by Gasteiger charge is 2.49. The van der Waals surface area contributed by atoms with Gasteiger partial charge in [-0.05, 0) is 79.7 Å². The van der Waals surface area contributed by atoms with Crippen LogP contribution < -0.4 is 0 Å². The van der Waals surface area contributed by atoms with Gasteiger partial charge in [0.05, 0.1) is 11.4 Å². The number of azo groups is 2. The maximum atomic E-state index is 13.1. The lowest BCUT2D eigenvalue weighted by molar-refractivity contribution is -0.148. The zero-order valence-corrected chi connectivity index (χ0v) is 31.9. The summed E-state index contributed by atoms with van der Waals surface area (Å²) < 4.78 is 70.6. The standard InChI is InChI=1S/C32H38N8O12S2/c1-15(2)37-27(41)25(28(42)38(16(3)4)31(37)45)35-33-19-9-11-21(23(13-19)53(47,48)49)22-12-10-20(14-24(22)54(50,51)52)34-36-26-29(43)39(17(5)6)32(46)40(18(7)8)30(26)44/h9-18,25-26H,1-8H3,(H,47,48,49)(H,50,51,52). The Hall–Kier alpha value is -5.32. The molecule has 0 unspecified atom stereocenters. The number of carbonyl (C=O) groups is 6. The zero-order chi connectivity index (χ0) is 40.8. The maximum Gasteiger partial charge on any atom is 0.334 e. The topological polar surface area (TPSA) is 274 Å². The van der Waals surface area contributed by atoms with Crippen LogP contribution in [0.4, 0.5) is 21.0 Å². The van der Waals surface area contributed by atoms with Gasteiger partial charge in [0.25, 0.3) is 43.9 Å². The molecule has 2 aliphatic rings. The summed E-state index contributed by atoms with van der Waals surface area (Å²) in [5, 5.41) is 15.2. The van der Waals surface area contributed by atoms with E-state index in [0.29, 0.717) is 0 Å². The first-order valence-electron chi connectivity index (χ1n) is 16.3. The first-order chi connectivity index (χ1) is 24.9. The van der Waals surface area contributed by atoms with Crippen LogP contribution in [-0.2, 0) is 39.4 Å². The molecular weight excluding hydrogens is 753 g/mol. The van der Waals surface area contributed by atoms with Gasteiger partial charge >= 0.3 is 12.1 Å². The molecule has 2 fully saturated rings. The van der Waals surface area contributed by atoms with E-state index >= 15 is 0 Å². The van der Waals surface area contributed by atoms with Crippen molar-refractivity contribution in [3.05, 3.63) is 36.4 Å². The normalized spacial score (nSPS) is 17.4. The van der Waals surface area contributed by atoms with E-state index in [-0.39, 0.29) is 11.4 Å². The molecule has 20 nitrogen and oxygen atoms in total. The van der Waals surface area contributed by atoms with Crippen LogP contribution in [0.25, 0.3) is 11.1 Å². The second-order valence-corrected chi connectivity index (χ2v) is 16.1. The summed E-state index contributed by atoms with van der Waals surface area (Å²) in [7, 11) is -10.4. The van der Waals surface area contributed by atoms with E-state index in [9.17, 15) is 54.7 Å². The Labute approximate surface area is 310 Å². The highest BCUT2D eigenvalue weighted by Crippen LogP contribution is 2.37. The number of carbonyl (C=O) groups excluding carboxylic acids is 6. The Bertz CT molecular complexity index is 2000. The molecule has 0 bridgehead atoms. The molecule has 0 atom stereocenters. The molecular formula is C32H38N8O12S2. The van der Waals surface area contributed by atoms with Crippen LogP contribution in [0.2, 0.25) is 0 Å². The highest BCUT2D eigenvalue weighted by molar-refractivity contribution is 7.86. The summed E-state index contributed by atoms with van der Waals surface area (Å²) in [5.41, 5.74) is -1.56. The summed E-state index contributed by atoms with van der Waals surface area (Å²) in [4.78, 5) is 79.5. The van der Waals surface area contributed by atoms with E-state index in [2.05, 4.69) is 20.5 Å². The molecule has 2 aromatic rings. The van der Waals surface area contributed by atoms with Gasteiger partial charge in [0.1, 0.15) is 9.79 Å². The van der Waals surface area contributed by atoms with E-state index in [1.807, 2.05) is 0 Å². The number of barbiturate groups is 2. The molecule has 22 heteroatoms. The van der Waals surface area contributed by atoms with Crippen molar-refractivity contribution in [3.8, 4) is 11.1 Å². The molecule has 2 aliphatic heterocycles. The number of amides is 8. The molecule has 0 saturated carbocycles. The predicted octanol–water partition coefficient (Wildman–Crippen LogP) is 3.97. The van der Waals surface area contributed by atoms with Crippen molar-refractivity contribution < 1.29 is 54.7 Å². The van der Waals surface area contributed by atoms with Gasteiger partial charge in [-0.25, -0.2) is 9.59 Å². The third-order valence-electron chi connectivity index (χ3n) is 8.13. The van der Waals surface area contributed by atoms with Crippen molar-refractivity contribution in [2.45, 2.75) is 101 Å². The van der Waals surface area contributed by atoms with E-state index < -0.39 is 113 Å². The van der Waals surface area contributed by atoms with Crippen LogP contribution in [0.1, 0.15) is 55.4 Å². The number of hydrogen-bond acceptors (Lipinski definition) is 14. The Morgan fingerprint density at radius 1 is 0.500 bits per heavy atom. The monoisotopic (exact) mass is 790 g/mol. The largest absolute Gasteiger partial charge is 0.334 e. The minimum absolute atomic E-state index is 0.318. The van der Waals surface area contributed by atoms with Crippen molar-refractivity contribution in [1.29, 1.82) is 0 Å². The lowest BCUT2D eigenvalue weighted by Gasteiger charge is -2.38. The third kappa shape index (κ3) is 7.95. The second-order valence-electron chi connectivity index (χ2n) is 13.3. The molecule has 0 aliphatic carbocycles. The molecule has 4 rings (SSSR count). The van der Waals surface area contributed by atoms with Crippen molar-refractivity contribution >= 4 is 67.3 Å².